The van der Waals surface area contributed by atoms with Crippen LogP contribution in [0.1, 0.15) is 36.4 Å². The van der Waals surface area contributed by atoms with Crippen molar-refractivity contribution in [1.29, 1.82) is 0 Å². The Morgan fingerprint density at radius 3 is 2.37 bits per heavy atom. The van der Waals surface area contributed by atoms with E-state index in [1.807, 2.05) is 35.2 Å². The van der Waals surface area contributed by atoms with Gasteiger partial charge in [0, 0.05) is 24.8 Å². The SMILES string of the molecule is O=C1C[C@H](O)C2(CCN(C3Cc4cccc5cccc3c45)CC2)N1c1ccccc1. The Morgan fingerprint density at radius 2 is 1.60 bits per heavy atom. The summed E-state index contributed by atoms with van der Waals surface area (Å²) in [7, 11) is 0. The van der Waals surface area contributed by atoms with Crippen molar-refractivity contribution in [2.75, 3.05) is 18.0 Å². The number of carbonyl (C=O) groups excluding carboxylic acids is 1. The number of aliphatic hydroxyl groups excluding tert-OH is 1. The smallest absolute Gasteiger partial charge is 0.230 e. The molecule has 2 aliphatic heterocycles. The Bertz CT molecular complexity index is 1110. The zero-order valence-corrected chi connectivity index (χ0v) is 17.0. The molecule has 3 aromatic carbocycles. The van der Waals surface area contributed by atoms with Gasteiger partial charge in [-0.15, -0.1) is 0 Å². The van der Waals surface area contributed by atoms with E-state index in [-0.39, 0.29) is 12.3 Å². The fraction of sp³-hybridized carbons (Fsp3) is 0.346. The predicted molar refractivity (Wildman–Crippen MR) is 118 cm³/mol. The van der Waals surface area contributed by atoms with E-state index in [1.54, 1.807) is 0 Å². The van der Waals surface area contributed by atoms with Gasteiger partial charge in [0.15, 0.2) is 0 Å². The van der Waals surface area contributed by atoms with Crippen molar-refractivity contribution in [3.63, 3.8) is 0 Å². The molecule has 4 heteroatoms. The highest BCUT2D eigenvalue weighted by Gasteiger charge is 2.54. The molecule has 2 heterocycles. The lowest BCUT2D eigenvalue weighted by Gasteiger charge is -2.47. The molecular weight excluding hydrogens is 372 g/mol. The van der Waals surface area contributed by atoms with Crippen molar-refractivity contribution >= 4 is 22.4 Å². The van der Waals surface area contributed by atoms with Crippen LogP contribution in [0.4, 0.5) is 5.69 Å². The van der Waals surface area contributed by atoms with Gasteiger partial charge in [0.1, 0.15) is 0 Å². The number of likely N-dealkylation sites (tertiary alicyclic amines) is 1. The lowest BCUT2D eigenvalue weighted by Crippen LogP contribution is -2.58. The number of benzene rings is 3. The number of anilines is 1. The molecule has 1 aliphatic carbocycles. The molecule has 4 nitrogen and oxygen atoms in total. The number of carbonyl (C=O) groups is 1. The molecule has 0 aromatic heterocycles. The van der Waals surface area contributed by atoms with Crippen molar-refractivity contribution in [2.24, 2.45) is 0 Å². The zero-order chi connectivity index (χ0) is 20.3. The van der Waals surface area contributed by atoms with E-state index in [4.69, 9.17) is 0 Å². The van der Waals surface area contributed by atoms with Crippen LogP contribution in [0.25, 0.3) is 10.8 Å². The monoisotopic (exact) mass is 398 g/mol. The Morgan fingerprint density at radius 1 is 0.867 bits per heavy atom. The van der Waals surface area contributed by atoms with E-state index in [0.717, 1.165) is 38.0 Å². The van der Waals surface area contributed by atoms with Crippen molar-refractivity contribution in [3.05, 3.63) is 77.9 Å². The van der Waals surface area contributed by atoms with Crippen LogP contribution in [0.15, 0.2) is 66.7 Å². The molecular formula is C26H26N2O2. The summed E-state index contributed by atoms with van der Waals surface area (Å²) in [6.45, 7) is 1.78. The third-order valence-electron chi connectivity index (χ3n) is 7.60. The van der Waals surface area contributed by atoms with E-state index in [2.05, 4.69) is 41.3 Å². The summed E-state index contributed by atoms with van der Waals surface area (Å²) in [6, 6.07) is 23.5. The molecule has 1 N–H and O–H groups in total. The van der Waals surface area contributed by atoms with Crippen molar-refractivity contribution < 1.29 is 9.90 Å². The quantitative estimate of drug-likeness (QED) is 0.708. The topological polar surface area (TPSA) is 43.8 Å². The fourth-order valence-corrected chi connectivity index (χ4v) is 6.14. The van der Waals surface area contributed by atoms with Crippen LogP contribution in [-0.2, 0) is 11.2 Å². The summed E-state index contributed by atoms with van der Waals surface area (Å²) in [4.78, 5) is 17.3. The standard InChI is InChI=1S/C26H26N2O2/c29-23-17-24(30)28(20-9-2-1-3-10-20)26(23)12-14-27(15-13-26)22-16-19-8-4-6-18-7-5-11-21(22)25(18)19/h1-11,22-23,29H,12-17H2/t22?,23-/m0/s1. The molecule has 2 atom stereocenters. The highest BCUT2D eigenvalue weighted by molar-refractivity contribution is 5.98. The molecule has 0 radical (unpaired) electrons. The number of piperidine rings is 1. The Balaban J connectivity index is 1.29. The first-order valence-electron chi connectivity index (χ1n) is 11.0. The van der Waals surface area contributed by atoms with Crippen molar-refractivity contribution in [3.8, 4) is 0 Å². The van der Waals surface area contributed by atoms with Crippen LogP contribution in [-0.4, -0.2) is 40.6 Å². The molecule has 0 bridgehead atoms. The number of hydrogen-bond donors (Lipinski definition) is 1. The van der Waals surface area contributed by atoms with Crippen LogP contribution in [0, 0.1) is 0 Å². The van der Waals surface area contributed by atoms with E-state index >= 15 is 0 Å². The first kappa shape index (κ1) is 18.1. The number of aliphatic hydroxyl groups is 1. The zero-order valence-electron chi connectivity index (χ0n) is 17.0. The van der Waals surface area contributed by atoms with E-state index in [9.17, 15) is 9.90 Å². The fourth-order valence-electron chi connectivity index (χ4n) is 6.14. The van der Waals surface area contributed by atoms with Gasteiger partial charge in [-0.2, -0.15) is 0 Å². The van der Waals surface area contributed by atoms with Gasteiger partial charge in [0.25, 0.3) is 0 Å². The Kier molecular flexibility index (Phi) is 4.02. The minimum atomic E-state index is -0.600. The van der Waals surface area contributed by atoms with Crippen LogP contribution >= 0.6 is 0 Å². The van der Waals surface area contributed by atoms with Gasteiger partial charge < -0.3 is 10.0 Å². The number of para-hydroxylation sites is 1. The lowest BCUT2D eigenvalue weighted by atomic mass is 9.81. The molecule has 152 valence electrons. The maximum Gasteiger partial charge on any atom is 0.230 e. The molecule has 1 amide bonds. The Hall–Kier alpha value is -2.69. The predicted octanol–water partition coefficient (Wildman–Crippen LogP) is 4.07. The lowest BCUT2D eigenvalue weighted by molar-refractivity contribution is -0.117. The van der Waals surface area contributed by atoms with Crippen molar-refractivity contribution in [1.82, 2.24) is 4.90 Å². The third-order valence-corrected chi connectivity index (χ3v) is 7.60. The maximum absolute atomic E-state index is 12.8. The molecule has 3 aliphatic rings. The van der Waals surface area contributed by atoms with Gasteiger partial charge >= 0.3 is 0 Å². The van der Waals surface area contributed by atoms with Crippen LogP contribution in [0.3, 0.4) is 0 Å². The average molecular weight is 399 g/mol. The van der Waals surface area contributed by atoms with E-state index < -0.39 is 11.6 Å². The highest BCUT2D eigenvalue weighted by Crippen LogP contribution is 2.46. The van der Waals surface area contributed by atoms with Crippen LogP contribution in [0.2, 0.25) is 0 Å². The largest absolute Gasteiger partial charge is 0.390 e. The van der Waals surface area contributed by atoms with Crippen molar-refractivity contribution in [2.45, 2.75) is 43.4 Å². The van der Waals surface area contributed by atoms with Crippen LogP contribution < -0.4 is 4.90 Å². The van der Waals surface area contributed by atoms with Gasteiger partial charge in [-0.05, 0) is 53.3 Å². The highest BCUT2D eigenvalue weighted by atomic mass is 16.3. The number of rotatable bonds is 2. The van der Waals surface area contributed by atoms with Gasteiger partial charge in [0.05, 0.1) is 18.1 Å². The number of nitrogens with zero attached hydrogens (tertiary/aromatic N) is 2. The first-order valence-corrected chi connectivity index (χ1v) is 11.0. The van der Waals surface area contributed by atoms with E-state index in [1.165, 1.54) is 21.9 Å². The molecule has 1 unspecified atom stereocenters. The molecule has 2 fully saturated rings. The molecule has 3 aromatic rings. The Labute approximate surface area is 176 Å². The maximum atomic E-state index is 12.8. The molecule has 1 spiro atoms. The minimum Gasteiger partial charge on any atom is -0.390 e. The first-order chi connectivity index (χ1) is 14.7. The molecule has 6 rings (SSSR count). The normalized spacial score (nSPS) is 25.5. The molecule has 0 saturated carbocycles. The summed E-state index contributed by atoms with van der Waals surface area (Å²) < 4.78 is 0. The summed E-state index contributed by atoms with van der Waals surface area (Å²) in [6.07, 6.45) is 2.28. The van der Waals surface area contributed by atoms with Gasteiger partial charge in [-0.25, -0.2) is 0 Å². The molecule has 2 saturated heterocycles. The van der Waals surface area contributed by atoms with E-state index in [0.29, 0.717) is 6.04 Å². The van der Waals surface area contributed by atoms with Gasteiger partial charge in [0.2, 0.25) is 5.91 Å². The summed E-state index contributed by atoms with van der Waals surface area (Å²) >= 11 is 0. The minimum absolute atomic E-state index is 0.0418. The second kappa shape index (κ2) is 6.66. The summed E-state index contributed by atoms with van der Waals surface area (Å²) in [5.74, 6) is 0.0418. The van der Waals surface area contributed by atoms with Crippen LogP contribution in [0.5, 0.6) is 0 Å². The summed E-state index contributed by atoms with van der Waals surface area (Å²) in [5.41, 5.74) is 3.30. The second-order valence-electron chi connectivity index (χ2n) is 9.01. The van der Waals surface area contributed by atoms with Gasteiger partial charge in [-0.3, -0.25) is 9.69 Å². The third kappa shape index (κ3) is 2.50. The average Bonchev–Trinajstić information content (AvgIpc) is 3.26. The van der Waals surface area contributed by atoms with Gasteiger partial charge in [-0.1, -0.05) is 54.6 Å². The summed E-state index contributed by atoms with van der Waals surface area (Å²) in [5, 5.41) is 13.7. The second-order valence-corrected chi connectivity index (χ2v) is 9.01. The number of amides is 1. The number of hydrogen-bond acceptors (Lipinski definition) is 3. The molecule has 30 heavy (non-hydrogen) atoms.